The fourth-order valence-electron chi connectivity index (χ4n) is 2.41. The summed E-state index contributed by atoms with van der Waals surface area (Å²) in [6.07, 6.45) is 6.30. The molecule has 1 amide bonds. The van der Waals surface area contributed by atoms with E-state index < -0.39 is 11.0 Å². The van der Waals surface area contributed by atoms with Gasteiger partial charge in [-0.3, -0.25) is 4.79 Å². The van der Waals surface area contributed by atoms with Crippen LogP contribution in [0.15, 0.2) is 0 Å². The van der Waals surface area contributed by atoms with Gasteiger partial charge in [0.1, 0.15) is 0 Å². The molecule has 0 bridgehead atoms. The molecule has 4 nitrogen and oxygen atoms in total. The summed E-state index contributed by atoms with van der Waals surface area (Å²) in [5.41, 5.74) is 4.56. The third-order valence-electron chi connectivity index (χ3n) is 3.61. The van der Waals surface area contributed by atoms with E-state index in [0.29, 0.717) is 6.54 Å². The molecule has 0 unspecified atom stereocenters. The summed E-state index contributed by atoms with van der Waals surface area (Å²) in [5, 5.41) is 12.5. The standard InChI is InChI=1S/C13H26N2O2/c1-12(2,17)10-15-11(16)13(9-14)7-5-3-4-6-8-13/h17H,3-10,14H2,1-2H3,(H,15,16). The highest BCUT2D eigenvalue weighted by molar-refractivity contribution is 5.83. The summed E-state index contributed by atoms with van der Waals surface area (Å²) >= 11 is 0. The number of amides is 1. The Kier molecular flexibility index (Phi) is 4.95. The van der Waals surface area contributed by atoms with Gasteiger partial charge in [0.2, 0.25) is 5.91 Å². The normalized spacial score (nSPS) is 20.7. The summed E-state index contributed by atoms with van der Waals surface area (Å²) in [7, 11) is 0. The van der Waals surface area contributed by atoms with Crippen molar-refractivity contribution >= 4 is 5.91 Å². The molecule has 1 aliphatic rings. The van der Waals surface area contributed by atoms with Crippen LogP contribution < -0.4 is 11.1 Å². The summed E-state index contributed by atoms with van der Waals surface area (Å²) in [6, 6.07) is 0. The van der Waals surface area contributed by atoms with Gasteiger partial charge in [-0.1, -0.05) is 25.7 Å². The Morgan fingerprint density at radius 1 is 1.29 bits per heavy atom. The Balaban J connectivity index is 2.61. The number of hydrogen-bond donors (Lipinski definition) is 3. The summed E-state index contributed by atoms with van der Waals surface area (Å²) in [6.45, 7) is 4.07. The minimum absolute atomic E-state index is 0.0176. The predicted molar refractivity (Wildman–Crippen MR) is 68.5 cm³/mol. The lowest BCUT2D eigenvalue weighted by molar-refractivity contribution is -0.132. The van der Waals surface area contributed by atoms with Crippen molar-refractivity contribution in [3.05, 3.63) is 0 Å². The molecule has 0 aromatic rings. The first-order chi connectivity index (χ1) is 7.90. The van der Waals surface area contributed by atoms with Crippen molar-refractivity contribution in [2.45, 2.75) is 58.0 Å². The molecule has 0 aromatic carbocycles. The van der Waals surface area contributed by atoms with Crippen LogP contribution in [0.2, 0.25) is 0 Å². The second-order valence-electron chi connectivity index (χ2n) is 5.89. The zero-order valence-corrected chi connectivity index (χ0v) is 11.1. The lowest BCUT2D eigenvalue weighted by atomic mass is 9.79. The van der Waals surface area contributed by atoms with E-state index in [1.54, 1.807) is 13.8 Å². The molecule has 17 heavy (non-hydrogen) atoms. The van der Waals surface area contributed by atoms with Crippen LogP contribution in [0.5, 0.6) is 0 Å². The van der Waals surface area contributed by atoms with Crippen LogP contribution in [-0.2, 0) is 4.79 Å². The van der Waals surface area contributed by atoms with Crippen molar-refractivity contribution in [1.29, 1.82) is 0 Å². The SMILES string of the molecule is CC(C)(O)CNC(=O)C1(CN)CCCCCC1. The van der Waals surface area contributed by atoms with Crippen molar-refractivity contribution in [3.63, 3.8) is 0 Å². The van der Waals surface area contributed by atoms with Crippen molar-refractivity contribution in [2.24, 2.45) is 11.1 Å². The van der Waals surface area contributed by atoms with Gasteiger partial charge < -0.3 is 16.2 Å². The van der Waals surface area contributed by atoms with E-state index >= 15 is 0 Å². The molecular formula is C13H26N2O2. The minimum Gasteiger partial charge on any atom is -0.389 e. The molecule has 0 aromatic heterocycles. The second-order valence-corrected chi connectivity index (χ2v) is 5.89. The smallest absolute Gasteiger partial charge is 0.227 e. The van der Waals surface area contributed by atoms with Crippen LogP contribution >= 0.6 is 0 Å². The Morgan fingerprint density at radius 3 is 2.24 bits per heavy atom. The molecule has 1 saturated carbocycles. The Morgan fingerprint density at radius 2 is 1.82 bits per heavy atom. The number of nitrogens with one attached hydrogen (secondary N) is 1. The minimum atomic E-state index is -0.865. The second kappa shape index (κ2) is 5.83. The number of carbonyl (C=O) groups is 1. The van der Waals surface area contributed by atoms with E-state index in [-0.39, 0.29) is 12.5 Å². The number of hydrogen-bond acceptors (Lipinski definition) is 3. The number of carbonyl (C=O) groups excluding carboxylic acids is 1. The lowest BCUT2D eigenvalue weighted by Crippen LogP contribution is -2.49. The molecule has 0 spiro atoms. The van der Waals surface area contributed by atoms with E-state index in [2.05, 4.69) is 5.32 Å². The highest BCUT2D eigenvalue weighted by Gasteiger charge is 2.37. The van der Waals surface area contributed by atoms with Crippen molar-refractivity contribution in [3.8, 4) is 0 Å². The Hall–Kier alpha value is -0.610. The molecule has 1 aliphatic carbocycles. The fraction of sp³-hybridized carbons (Fsp3) is 0.923. The average molecular weight is 242 g/mol. The summed E-state index contributed by atoms with van der Waals surface area (Å²) < 4.78 is 0. The fourth-order valence-corrected chi connectivity index (χ4v) is 2.41. The highest BCUT2D eigenvalue weighted by atomic mass is 16.3. The third-order valence-corrected chi connectivity index (χ3v) is 3.61. The van der Waals surface area contributed by atoms with Crippen LogP contribution in [0.1, 0.15) is 52.4 Å². The van der Waals surface area contributed by atoms with Crippen LogP contribution in [0.25, 0.3) is 0 Å². The molecule has 1 fully saturated rings. The molecule has 0 saturated heterocycles. The van der Waals surface area contributed by atoms with Gasteiger partial charge in [-0.25, -0.2) is 0 Å². The van der Waals surface area contributed by atoms with Crippen LogP contribution in [0, 0.1) is 5.41 Å². The van der Waals surface area contributed by atoms with Crippen LogP contribution in [0.3, 0.4) is 0 Å². The van der Waals surface area contributed by atoms with E-state index in [1.165, 1.54) is 12.8 Å². The first-order valence-electron chi connectivity index (χ1n) is 6.60. The largest absolute Gasteiger partial charge is 0.389 e. The topological polar surface area (TPSA) is 75.3 Å². The number of nitrogens with two attached hydrogens (primary N) is 1. The molecule has 0 atom stereocenters. The van der Waals surface area contributed by atoms with E-state index in [0.717, 1.165) is 25.7 Å². The van der Waals surface area contributed by atoms with Crippen LogP contribution in [-0.4, -0.2) is 29.7 Å². The third kappa shape index (κ3) is 4.28. The molecule has 1 rings (SSSR count). The predicted octanol–water partition coefficient (Wildman–Crippen LogP) is 1.17. The van der Waals surface area contributed by atoms with E-state index in [4.69, 9.17) is 5.73 Å². The maximum absolute atomic E-state index is 12.2. The van der Waals surface area contributed by atoms with Crippen molar-refractivity contribution < 1.29 is 9.90 Å². The van der Waals surface area contributed by atoms with Crippen molar-refractivity contribution in [2.75, 3.05) is 13.1 Å². The maximum Gasteiger partial charge on any atom is 0.227 e. The van der Waals surface area contributed by atoms with E-state index in [9.17, 15) is 9.90 Å². The molecule has 0 aliphatic heterocycles. The Labute approximate surface area is 104 Å². The number of rotatable bonds is 4. The highest BCUT2D eigenvalue weighted by Crippen LogP contribution is 2.34. The van der Waals surface area contributed by atoms with Gasteiger partial charge in [-0.2, -0.15) is 0 Å². The summed E-state index contributed by atoms with van der Waals surface area (Å²) in [5.74, 6) is 0.0176. The first kappa shape index (κ1) is 14.5. The monoisotopic (exact) mass is 242 g/mol. The molecule has 4 N–H and O–H groups in total. The van der Waals surface area contributed by atoms with Crippen LogP contribution in [0.4, 0.5) is 0 Å². The van der Waals surface area contributed by atoms with Gasteiger partial charge in [-0.15, -0.1) is 0 Å². The van der Waals surface area contributed by atoms with Gasteiger partial charge >= 0.3 is 0 Å². The zero-order valence-electron chi connectivity index (χ0n) is 11.1. The number of aliphatic hydroxyl groups is 1. The molecule has 4 heteroatoms. The van der Waals surface area contributed by atoms with Gasteiger partial charge in [-0.05, 0) is 26.7 Å². The quantitative estimate of drug-likeness (QED) is 0.648. The van der Waals surface area contributed by atoms with Gasteiger partial charge in [0.15, 0.2) is 0 Å². The molecule has 0 radical (unpaired) electrons. The average Bonchev–Trinajstić information content (AvgIpc) is 2.51. The van der Waals surface area contributed by atoms with Gasteiger partial charge in [0, 0.05) is 13.1 Å². The van der Waals surface area contributed by atoms with Crippen molar-refractivity contribution in [1.82, 2.24) is 5.32 Å². The van der Waals surface area contributed by atoms with E-state index in [1.807, 2.05) is 0 Å². The molecule has 0 heterocycles. The Bertz CT molecular complexity index is 251. The molecule has 100 valence electrons. The maximum atomic E-state index is 12.2. The molecular weight excluding hydrogens is 216 g/mol. The van der Waals surface area contributed by atoms with Gasteiger partial charge in [0.25, 0.3) is 0 Å². The van der Waals surface area contributed by atoms with Gasteiger partial charge in [0.05, 0.1) is 11.0 Å². The first-order valence-corrected chi connectivity index (χ1v) is 6.60. The zero-order chi connectivity index (χ0) is 12.9. The summed E-state index contributed by atoms with van der Waals surface area (Å²) in [4.78, 5) is 12.2. The lowest BCUT2D eigenvalue weighted by Gasteiger charge is -2.31.